The molecular weight excluding hydrogens is 692 g/mol. The number of hydrogen-bond acceptors (Lipinski definition) is 12. The summed E-state index contributed by atoms with van der Waals surface area (Å²) in [5.74, 6) is -2.30. The van der Waals surface area contributed by atoms with Crippen molar-refractivity contribution in [2.24, 2.45) is 0 Å². The Labute approximate surface area is 307 Å². The van der Waals surface area contributed by atoms with Crippen LogP contribution in [0, 0.1) is 0 Å². The molecule has 0 amide bonds. The van der Waals surface area contributed by atoms with Crippen LogP contribution in [0.2, 0.25) is 0 Å². The number of aromatic amines is 2. The van der Waals surface area contributed by atoms with Gasteiger partial charge in [0, 0.05) is 34.7 Å². The molecule has 1 atom stereocenters. The topological polar surface area (TPSA) is 188 Å². The highest BCUT2D eigenvalue weighted by molar-refractivity contribution is 6.02. The predicted molar refractivity (Wildman–Crippen MR) is 194 cm³/mol. The number of allylic oxidation sites excluding steroid dienone is 4. The third-order valence-electron chi connectivity index (χ3n) is 8.37. The predicted octanol–water partition coefficient (Wildman–Crippen LogP) is 6.54. The van der Waals surface area contributed by atoms with Crippen molar-refractivity contribution >= 4 is 23.9 Å². The molecule has 1 aliphatic carbocycles. The maximum absolute atomic E-state index is 13.5. The van der Waals surface area contributed by atoms with E-state index in [-0.39, 0.29) is 39.7 Å². The van der Waals surface area contributed by atoms with Gasteiger partial charge >= 0.3 is 23.9 Å². The number of methoxy groups -OCH3 is 2. The van der Waals surface area contributed by atoms with Gasteiger partial charge in [-0.2, -0.15) is 10.2 Å². The minimum Gasteiger partial charge on any atom is -0.465 e. The Balaban J connectivity index is 1.14. The highest BCUT2D eigenvalue weighted by atomic mass is 16.6. The van der Waals surface area contributed by atoms with E-state index in [4.69, 9.17) is 18.9 Å². The molecule has 0 saturated carbocycles. The molecule has 0 fully saturated rings. The van der Waals surface area contributed by atoms with Gasteiger partial charge in [0.2, 0.25) is 0 Å². The molecule has 0 radical (unpaired) electrons. The van der Waals surface area contributed by atoms with Crippen LogP contribution in [0.15, 0.2) is 115 Å². The zero-order valence-corrected chi connectivity index (χ0v) is 28.8. The summed E-state index contributed by atoms with van der Waals surface area (Å²) >= 11 is 0. The molecule has 6 aromatic rings. The molecule has 1 unspecified atom stereocenters. The molecule has 2 N–H and O–H groups in total. The fraction of sp³-hybridized carbons (Fsp3) is 0.100. The maximum Gasteiger partial charge on any atom is 0.343 e. The van der Waals surface area contributed by atoms with Gasteiger partial charge < -0.3 is 18.9 Å². The Morgan fingerprint density at radius 3 is 1.72 bits per heavy atom. The largest absolute Gasteiger partial charge is 0.465 e. The van der Waals surface area contributed by atoms with Gasteiger partial charge in [0.15, 0.2) is 23.3 Å². The van der Waals surface area contributed by atoms with Crippen LogP contribution in [0.1, 0.15) is 59.6 Å². The molecule has 0 bridgehead atoms. The summed E-state index contributed by atoms with van der Waals surface area (Å²) < 4.78 is 21.2. The first-order valence-corrected chi connectivity index (χ1v) is 16.5. The Morgan fingerprint density at radius 2 is 1.17 bits per heavy atom. The lowest BCUT2D eigenvalue weighted by Gasteiger charge is -2.15. The minimum atomic E-state index is -0.929. The van der Waals surface area contributed by atoms with Crippen LogP contribution >= 0.6 is 0 Å². The van der Waals surface area contributed by atoms with E-state index < -0.39 is 23.9 Å². The van der Waals surface area contributed by atoms with E-state index in [9.17, 15) is 19.2 Å². The summed E-state index contributed by atoms with van der Waals surface area (Å²) in [5.41, 5.74) is 1.53. The average molecular weight is 723 g/mol. The number of hydrogen-bond donors (Lipinski definition) is 2. The summed E-state index contributed by atoms with van der Waals surface area (Å²) in [6.45, 7) is 0. The molecule has 54 heavy (non-hydrogen) atoms. The molecule has 14 nitrogen and oxygen atoms in total. The molecule has 14 heteroatoms. The first kappa shape index (κ1) is 34.9. The van der Waals surface area contributed by atoms with Crippen molar-refractivity contribution in [2.75, 3.05) is 14.2 Å². The van der Waals surface area contributed by atoms with Crippen molar-refractivity contribution in [3.63, 3.8) is 0 Å². The molecule has 0 spiro atoms. The third kappa shape index (κ3) is 7.43. The fourth-order valence-electron chi connectivity index (χ4n) is 5.62. The van der Waals surface area contributed by atoms with Crippen LogP contribution < -0.4 is 9.47 Å². The van der Waals surface area contributed by atoms with E-state index in [1.165, 1.54) is 18.2 Å². The number of nitrogens with one attached hydrogen (secondary N) is 2. The van der Waals surface area contributed by atoms with E-state index in [0.717, 1.165) is 38.3 Å². The van der Waals surface area contributed by atoms with Gasteiger partial charge in [0.1, 0.15) is 22.6 Å². The second-order valence-corrected chi connectivity index (χ2v) is 11.8. The second kappa shape index (κ2) is 15.4. The Morgan fingerprint density at radius 1 is 0.611 bits per heavy atom. The lowest BCUT2D eigenvalue weighted by molar-refractivity contribution is 0.0567. The molecule has 0 saturated heterocycles. The number of carbonyl (C=O) groups excluding carboxylic acids is 4. The van der Waals surface area contributed by atoms with Gasteiger partial charge in [0.05, 0.1) is 25.3 Å². The molecule has 0 aliphatic heterocycles. The Kier molecular flexibility index (Phi) is 9.97. The maximum atomic E-state index is 13.5. The summed E-state index contributed by atoms with van der Waals surface area (Å²) in [5, 5.41) is 14.4. The second-order valence-electron chi connectivity index (χ2n) is 11.8. The van der Waals surface area contributed by atoms with Crippen LogP contribution in [0.5, 0.6) is 11.5 Å². The zero-order valence-electron chi connectivity index (χ0n) is 28.8. The normalized spacial score (nSPS) is 13.3. The first-order chi connectivity index (χ1) is 26.3. The number of ether oxygens (including phenoxy) is 4. The number of nitrogens with zero attached hydrogens (tertiary/aromatic N) is 4. The van der Waals surface area contributed by atoms with Crippen LogP contribution in [0.25, 0.3) is 34.2 Å². The van der Waals surface area contributed by atoms with E-state index in [0.29, 0.717) is 34.4 Å². The smallest absolute Gasteiger partial charge is 0.343 e. The molecule has 4 aromatic carbocycles. The highest BCUT2D eigenvalue weighted by Crippen LogP contribution is 2.33. The number of H-pyrrole nitrogens is 2. The Bertz CT molecular complexity index is 2450. The molecule has 1 aliphatic rings. The number of esters is 4. The number of carbonyl (C=O) groups is 4. The highest BCUT2D eigenvalue weighted by Gasteiger charge is 2.27. The van der Waals surface area contributed by atoms with Gasteiger partial charge in [-0.05, 0) is 30.7 Å². The van der Waals surface area contributed by atoms with Crippen molar-refractivity contribution in [1.29, 1.82) is 0 Å². The average Bonchev–Trinajstić information content (AvgIpc) is 3.93. The molecule has 268 valence electrons. The molecule has 7 rings (SSSR count). The van der Waals surface area contributed by atoms with Crippen molar-refractivity contribution in [1.82, 2.24) is 30.4 Å². The SMILES string of the molecule is COC(=O)c1cc(OC(=O)c2cccc(-c3nc(C4C=CC=CC4)n[nH]3)c2)c(C(=O)OC)cc1OC(=O)c1cccc(-c2nc(-c3ccccc3)n[nH]2)c1. The van der Waals surface area contributed by atoms with Gasteiger partial charge in [0.25, 0.3) is 0 Å². The van der Waals surface area contributed by atoms with Crippen molar-refractivity contribution in [3.8, 4) is 45.7 Å². The number of rotatable bonds is 10. The van der Waals surface area contributed by atoms with Gasteiger partial charge in [-0.25, -0.2) is 29.1 Å². The quantitative estimate of drug-likeness (QED) is 0.115. The van der Waals surface area contributed by atoms with E-state index >= 15 is 0 Å². The van der Waals surface area contributed by atoms with Crippen LogP contribution in [0.4, 0.5) is 0 Å². The van der Waals surface area contributed by atoms with Crippen molar-refractivity contribution < 1.29 is 38.1 Å². The zero-order chi connectivity index (χ0) is 37.6. The van der Waals surface area contributed by atoms with E-state index in [1.54, 1.807) is 30.3 Å². The minimum absolute atomic E-state index is 0.0225. The third-order valence-corrected chi connectivity index (χ3v) is 8.37. The summed E-state index contributed by atoms with van der Waals surface area (Å²) in [7, 11) is 2.25. The van der Waals surface area contributed by atoms with Crippen molar-refractivity contribution in [2.45, 2.75) is 12.3 Å². The van der Waals surface area contributed by atoms with E-state index in [2.05, 4.69) is 30.4 Å². The number of aromatic nitrogens is 6. The van der Waals surface area contributed by atoms with Crippen LogP contribution in [-0.2, 0) is 9.47 Å². The monoisotopic (exact) mass is 722 g/mol. The van der Waals surface area contributed by atoms with Crippen LogP contribution in [0.3, 0.4) is 0 Å². The summed E-state index contributed by atoms with van der Waals surface area (Å²) in [6, 6.07) is 24.4. The van der Waals surface area contributed by atoms with Gasteiger partial charge in [-0.3, -0.25) is 10.2 Å². The summed E-state index contributed by atoms with van der Waals surface area (Å²) in [6.07, 6.45) is 8.70. The fourth-order valence-corrected chi connectivity index (χ4v) is 5.62. The lowest BCUT2D eigenvalue weighted by Crippen LogP contribution is -2.17. The summed E-state index contributed by atoms with van der Waals surface area (Å²) in [4.78, 5) is 62.1. The Hall–Kier alpha value is -7.48. The van der Waals surface area contributed by atoms with E-state index in [1.807, 2.05) is 54.6 Å². The first-order valence-electron chi connectivity index (χ1n) is 16.5. The van der Waals surface area contributed by atoms with Crippen LogP contribution in [-0.4, -0.2) is 68.5 Å². The van der Waals surface area contributed by atoms with Gasteiger partial charge in [-0.15, -0.1) is 0 Å². The number of benzene rings is 4. The molecular formula is C40H30N6O8. The lowest BCUT2D eigenvalue weighted by atomic mass is 10.0. The standard InChI is InChI=1S/C40H30N6O8/c1-51-39(49)29-21-32(54-38(48)28-18-10-16-26(20-28)36-42-34(44-46-36)24-13-7-4-8-14-24)30(40(50)52-2)22-31(29)53-37(47)27-17-9-15-25(19-27)35-41-33(43-45-35)23-11-5-3-6-12-23/h3-13,15-22,24H,14H2,1-2H3,(H,41,43,45)(H,42,44,46). The molecule has 2 aromatic heterocycles. The molecule has 2 heterocycles. The van der Waals surface area contributed by atoms with Crippen molar-refractivity contribution in [3.05, 3.63) is 143 Å². The van der Waals surface area contributed by atoms with Gasteiger partial charge in [-0.1, -0.05) is 78.9 Å².